The number of Topliss-reactive ketones (excluding diaryl/α,β-unsaturated/α-hetero) is 2. The van der Waals surface area contributed by atoms with Crippen molar-refractivity contribution < 1.29 is 9.59 Å². The fraction of sp³-hybridized carbons (Fsp3) is 0.778. The molecule has 1 aliphatic carbocycles. The lowest BCUT2D eigenvalue weighted by Crippen LogP contribution is -2.12. The van der Waals surface area contributed by atoms with Gasteiger partial charge in [0.2, 0.25) is 0 Å². The van der Waals surface area contributed by atoms with Crippen LogP contribution in [0.5, 0.6) is 0 Å². The van der Waals surface area contributed by atoms with E-state index in [9.17, 15) is 9.59 Å². The predicted octanol–water partition coefficient (Wildman–Crippen LogP) is 1.58. The Bertz CT molecular complexity index is 184. The fourth-order valence-corrected chi connectivity index (χ4v) is 1.72. The average molecular weight is 154 g/mol. The van der Waals surface area contributed by atoms with Gasteiger partial charge in [-0.2, -0.15) is 0 Å². The number of hydrogen-bond acceptors (Lipinski definition) is 2. The van der Waals surface area contributed by atoms with Crippen LogP contribution < -0.4 is 0 Å². The molecule has 0 amide bonds. The Kier molecular flexibility index (Phi) is 2.42. The maximum atomic E-state index is 11.1. The highest BCUT2D eigenvalue weighted by Crippen LogP contribution is 2.30. The Labute approximate surface area is 67.0 Å². The van der Waals surface area contributed by atoms with Crippen molar-refractivity contribution in [1.29, 1.82) is 0 Å². The largest absolute Gasteiger partial charge is 0.300 e. The molecular formula is C9H14O2. The average Bonchev–Trinajstić information content (AvgIpc) is 2.18. The number of hydrogen-bond donors (Lipinski definition) is 0. The van der Waals surface area contributed by atoms with Gasteiger partial charge in [0.1, 0.15) is 11.6 Å². The van der Waals surface area contributed by atoms with Crippen molar-refractivity contribution in [3.05, 3.63) is 0 Å². The molecule has 2 nitrogen and oxygen atoms in total. The van der Waals surface area contributed by atoms with E-state index in [1.165, 1.54) is 0 Å². The second kappa shape index (κ2) is 3.16. The maximum Gasteiger partial charge on any atom is 0.136 e. The quantitative estimate of drug-likeness (QED) is 0.605. The molecule has 0 radical (unpaired) electrons. The molecule has 0 saturated heterocycles. The molecule has 2 atom stereocenters. The summed E-state index contributed by atoms with van der Waals surface area (Å²) in [5, 5.41) is 0. The summed E-state index contributed by atoms with van der Waals surface area (Å²) in [6.45, 7) is 3.53. The summed E-state index contributed by atoms with van der Waals surface area (Å²) in [7, 11) is 0. The molecule has 62 valence electrons. The van der Waals surface area contributed by atoms with Crippen molar-refractivity contribution in [2.45, 2.75) is 33.1 Å². The van der Waals surface area contributed by atoms with Crippen LogP contribution in [0.15, 0.2) is 0 Å². The zero-order valence-corrected chi connectivity index (χ0v) is 7.09. The minimum Gasteiger partial charge on any atom is -0.300 e. The fourth-order valence-electron chi connectivity index (χ4n) is 1.72. The van der Waals surface area contributed by atoms with E-state index in [-0.39, 0.29) is 11.7 Å². The molecule has 1 saturated carbocycles. The summed E-state index contributed by atoms with van der Waals surface area (Å²) >= 11 is 0. The molecule has 0 aliphatic heterocycles. The summed E-state index contributed by atoms with van der Waals surface area (Å²) in [6.07, 6.45) is 2.19. The van der Waals surface area contributed by atoms with Gasteiger partial charge in [0, 0.05) is 18.8 Å². The first-order valence-corrected chi connectivity index (χ1v) is 4.13. The second-order valence-corrected chi connectivity index (χ2v) is 3.46. The molecule has 0 spiro atoms. The van der Waals surface area contributed by atoms with E-state index in [0.29, 0.717) is 24.5 Å². The van der Waals surface area contributed by atoms with E-state index in [2.05, 4.69) is 0 Å². The van der Waals surface area contributed by atoms with Crippen molar-refractivity contribution in [3.8, 4) is 0 Å². The van der Waals surface area contributed by atoms with Crippen LogP contribution in [0.25, 0.3) is 0 Å². The highest BCUT2D eigenvalue weighted by molar-refractivity contribution is 5.84. The van der Waals surface area contributed by atoms with Crippen molar-refractivity contribution >= 4 is 11.6 Å². The van der Waals surface area contributed by atoms with Gasteiger partial charge in [-0.1, -0.05) is 6.92 Å². The van der Waals surface area contributed by atoms with E-state index in [1.807, 2.05) is 6.92 Å². The summed E-state index contributed by atoms with van der Waals surface area (Å²) < 4.78 is 0. The third-order valence-electron chi connectivity index (χ3n) is 2.53. The van der Waals surface area contributed by atoms with E-state index in [0.717, 1.165) is 6.42 Å². The molecule has 0 heterocycles. The van der Waals surface area contributed by atoms with E-state index in [4.69, 9.17) is 0 Å². The highest BCUT2D eigenvalue weighted by atomic mass is 16.1. The monoisotopic (exact) mass is 154 g/mol. The Morgan fingerprint density at radius 1 is 1.64 bits per heavy atom. The molecule has 2 unspecified atom stereocenters. The number of ketones is 2. The van der Waals surface area contributed by atoms with Gasteiger partial charge in [-0.3, -0.25) is 4.79 Å². The minimum absolute atomic E-state index is 0.124. The van der Waals surface area contributed by atoms with Crippen molar-refractivity contribution in [3.63, 3.8) is 0 Å². The van der Waals surface area contributed by atoms with Gasteiger partial charge in [0.25, 0.3) is 0 Å². The molecule has 0 aromatic heterocycles. The lowest BCUT2D eigenvalue weighted by atomic mass is 9.93. The first-order chi connectivity index (χ1) is 5.11. The van der Waals surface area contributed by atoms with Gasteiger partial charge in [0.05, 0.1) is 0 Å². The number of rotatable bonds is 2. The molecule has 0 bridgehead atoms. The first kappa shape index (κ1) is 8.44. The first-order valence-electron chi connectivity index (χ1n) is 4.13. The van der Waals surface area contributed by atoms with Crippen LogP contribution >= 0.6 is 0 Å². The van der Waals surface area contributed by atoms with Crippen LogP contribution in [0, 0.1) is 11.8 Å². The van der Waals surface area contributed by atoms with Crippen molar-refractivity contribution in [2.75, 3.05) is 0 Å². The van der Waals surface area contributed by atoms with Crippen LogP contribution in [0.1, 0.15) is 33.1 Å². The summed E-state index contributed by atoms with van der Waals surface area (Å²) in [5.41, 5.74) is 0. The van der Waals surface area contributed by atoms with Crippen LogP contribution in [-0.2, 0) is 9.59 Å². The molecule has 1 rings (SSSR count). The minimum atomic E-state index is 0.124. The zero-order chi connectivity index (χ0) is 8.43. The third kappa shape index (κ3) is 1.88. The van der Waals surface area contributed by atoms with E-state index < -0.39 is 0 Å². The van der Waals surface area contributed by atoms with E-state index in [1.54, 1.807) is 6.92 Å². The topological polar surface area (TPSA) is 34.1 Å². The lowest BCUT2D eigenvalue weighted by molar-refractivity contribution is -0.121. The zero-order valence-electron chi connectivity index (χ0n) is 7.09. The SMILES string of the molecule is CC(=O)CC1CCC(=O)C1C. The van der Waals surface area contributed by atoms with Gasteiger partial charge in [-0.05, 0) is 19.3 Å². The lowest BCUT2D eigenvalue weighted by Gasteiger charge is -2.10. The standard InChI is InChI=1S/C9H14O2/c1-6(10)5-8-3-4-9(11)7(8)2/h7-8H,3-5H2,1-2H3. The second-order valence-electron chi connectivity index (χ2n) is 3.46. The van der Waals surface area contributed by atoms with Crippen LogP contribution in [-0.4, -0.2) is 11.6 Å². The predicted molar refractivity (Wildman–Crippen MR) is 42.2 cm³/mol. The molecule has 0 aromatic carbocycles. The van der Waals surface area contributed by atoms with Crippen molar-refractivity contribution in [1.82, 2.24) is 0 Å². The van der Waals surface area contributed by atoms with Gasteiger partial charge in [0.15, 0.2) is 0 Å². The third-order valence-corrected chi connectivity index (χ3v) is 2.53. The summed E-state index contributed by atoms with van der Waals surface area (Å²) in [6, 6.07) is 0. The van der Waals surface area contributed by atoms with Gasteiger partial charge in [-0.25, -0.2) is 0 Å². The number of carbonyl (C=O) groups excluding carboxylic acids is 2. The molecule has 1 aliphatic rings. The van der Waals surface area contributed by atoms with Gasteiger partial charge < -0.3 is 4.79 Å². The Morgan fingerprint density at radius 3 is 2.64 bits per heavy atom. The summed E-state index contributed by atoms with van der Waals surface area (Å²) in [5.74, 6) is 0.992. The molecular weight excluding hydrogens is 140 g/mol. The number of carbonyl (C=O) groups is 2. The van der Waals surface area contributed by atoms with Gasteiger partial charge in [-0.15, -0.1) is 0 Å². The van der Waals surface area contributed by atoms with Crippen molar-refractivity contribution in [2.24, 2.45) is 11.8 Å². The molecule has 2 heteroatoms. The normalized spacial score (nSPS) is 30.9. The molecule has 0 aromatic rings. The Balaban J connectivity index is 2.48. The molecule has 11 heavy (non-hydrogen) atoms. The highest BCUT2D eigenvalue weighted by Gasteiger charge is 2.31. The smallest absolute Gasteiger partial charge is 0.136 e. The molecule has 1 fully saturated rings. The van der Waals surface area contributed by atoms with Crippen LogP contribution in [0.3, 0.4) is 0 Å². The molecule has 0 N–H and O–H groups in total. The Morgan fingerprint density at radius 2 is 2.27 bits per heavy atom. The maximum absolute atomic E-state index is 11.1. The Hall–Kier alpha value is -0.660. The van der Waals surface area contributed by atoms with Crippen LogP contribution in [0.2, 0.25) is 0 Å². The van der Waals surface area contributed by atoms with Gasteiger partial charge >= 0.3 is 0 Å². The van der Waals surface area contributed by atoms with Crippen LogP contribution in [0.4, 0.5) is 0 Å². The van der Waals surface area contributed by atoms with E-state index >= 15 is 0 Å². The summed E-state index contributed by atoms with van der Waals surface area (Å²) in [4.78, 5) is 21.8.